The number of anilines is 1. The van der Waals surface area contributed by atoms with Crippen molar-refractivity contribution in [3.63, 3.8) is 0 Å². The van der Waals surface area contributed by atoms with Gasteiger partial charge in [0.05, 0.1) is 0 Å². The molecule has 26 heavy (non-hydrogen) atoms. The third-order valence-corrected chi connectivity index (χ3v) is 4.90. The Morgan fingerprint density at radius 3 is 2.81 bits per heavy atom. The van der Waals surface area contributed by atoms with Crippen LogP contribution in [0.5, 0.6) is 0 Å². The fourth-order valence-electron chi connectivity index (χ4n) is 2.15. The monoisotopic (exact) mass is 401 g/mol. The lowest BCUT2D eigenvalue weighted by Crippen LogP contribution is -2.13. The van der Waals surface area contributed by atoms with E-state index in [9.17, 15) is 10.1 Å². The van der Waals surface area contributed by atoms with Crippen molar-refractivity contribution in [2.24, 2.45) is 0 Å². The van der Waals surface area contributed by atoms with E-state index in [1.165, 1.54) is 17.8 Å². The van der Waals surface area contributed by atoms with E-state index >= 15 is 0 Å². The van der Waals surface area contributed by atoms with Gasteiger partial charge in [0, 0.05) is 34.1 Å². The Kier molecular flexibility index (Phi) is 5.73. The summed E-state index contributed by atoms with van der Waals surface area (Å²) >= 11 is 8.37. The van der Waals surface area contributed by atoms with Gasteiger partial charge in [-0.3, -0.25) is 10.1 Å². The molecule has 3 aromatic rings. The van der Waals surface area contributed by atoms with Gasteiger partial charge in [-0.25, -0.2) is 0 Å². The van der Waals surface area contributed by atoms with Gasteiger partial charge < -0.3 is 4.57 Å². The molecule has 0 bridgehead atoms. The second-order valence-corrected chi connectivity index (χ2v) is 6.95. The molecule has 0 spiro atoms. The van der Waals surface area contributed by atoms with E-state index in [1.54, 1.807) is 12.1 Å². The summed E-state index contributed by atoms with van der Waals surface area (Å²) in [6.07, 6.45) is 5.22. The van der Waals surface area contributed by atoms with E-state index < -0.39 is 5.91 Å². The Morgan fingerprint density at radius 2 is 2.15 bits per heavy atom. The van der Waals surface area contributed by atoms with Crippen molar-refractivity contribution in [2.75, 3.05) is 11.6 Å². The minimum absolute atomic E-state index is 0.0279. The summed E-state index contributed by atoms with van der Waals surface area (Å²) in [5.74, 6) is -0.528. The van der Waals surface area contributed by atoms with Crippen LogP contribution in [0, 0.1) is 11.3 Å². The molecule has 1 amide bonds. The molecular weight excluding hydrogens is 390 g/mol. The van der Waals surface area contributed by atoms with Crippen LogP contribution in [0.25, 0.3) is 11.8 Å². The zero-order valence-corrected chi connectivity index (χ0v) is 15.9. The average Bonchev–Trinajstić information content (AvgIpc) is 3.29. The molecule has 0 aliphatic carbocycles. The number of aromatic nitrogens is 3. The van der Waals surface area contributed by atoms with Gasteiger partial charge in [-0.05, 0) is 48.7 Å². The summed E-state index contributed by atoms with van der Waals surface area (Å²) in [4.78, 5) is 16.5. The van der Waals surface area contributed by atoms with Gasteiger partial charge in [0.25, 0.3) is 5.91 Å². The molecule has 1 N–H and O–H groups in total. The number of carbonyl (C=O) groups is 1. The Morgan fingerprint density at radius 1 is 1.38 bits per heavy atom. The maximum Gasteiger partial charge on any atom is 0.268 e. The largest absolute Gasteiger partial charge is 0.317 e. The molecule has 9 heteroatoms. The molecule has 130 valence electrons. The van der Waals surface area contributed by atoms with Gasteiger partial charge in [0.2, 0.25) is 10.3 Å². The summed E-state index contributed by atoms with van der Waals surface area (Å²) in [5.41, 5.74) is 1.54. The fourth-order valence-corrected chi connectivity index (χ4v) is 3.40. The maximum atomic E-state index is 12.4. The smallest absolute Gasteiger partial charge is 0.268 e. The molecule has 0 aliphatic rings. The van der Waals surface area contributed by atoms with E-state index in [0.717, 1.165) is 17.2 Å². The van der Waals surface area contributed by atoms with Gasteiger partial charge in [-0.15, -0.1) is 0 Å². The topological polar surface area (TPSA) is 83.6 Å². The number of nitrogens with zero attached hydrogens (tertiary/aromatic N) is 4. The lowest BCUT2D eigenvalue weighted by atomic mass is 10.2. The molecule has 0 atom stereocenters. The minimum Gasteiger partial charge on any atom is -0.317 e. The number of hydrogen-bond acceptors (Lipinski definition) is 6. The zero-order chi connectivity index (χ0) is 18.5. The average molecular weight is 402 g/mol. The molecule has 6 nitrogen and oxygen atoms in total. The molecule has 2 heterocycles. The van der Waals surface area contributed by atoms with Crippen LogP contribution in [-0.4, -0.2) is 26.1 Å². The molecule has 0 unspecified atom stereocenters. The Balaban J connectivity index is 1.85. The van der Waals surface area contributed by atoms with Crippen LogP contribution in [0.4, 0.5) is 5.13 Å². The van der Waals surface area contributed by atoms with Gasteiger partial charge >= 0.3 is 0 Å². The van der Waals surface area contributed by atoms with Crippen molar-refractivity contribution >= 4 is 52.0 Å². The van der Waals surface area contributed by atoms with Crippen LogP contribution in [0.2, 0.25) is 5.02 Å². The lowest BCUT2D eigenvalue weighted by Gasteiger charge is -2.07. The van der Waals surface area contributed by atoms with Gasteiger partial charge in [-0.2, -0.15) is 14.6 Å². The van der Waals surface area contributed by atoms with Gasteiger partial charge in [-0.1, -0.05) is 23.4 Å². The van der Waals surface area contributed by atoms with Crippen molar-refractivity contribution in [3.8, 4) is 11.8 Å². The minimum atomic E-state index is -0.528. The number of benzene rings is 1. The lowest BCUT2D eigenvalue weighted by molar-refractivity contribution is -0.112. The second kappa shape index (κ2) is 8.19. The highest BCUT2D eigenvalue weighted by atomic mass is 35.5. The number of rotatable bonds is 5. The molecule has 2 aromatic heterocycles. The second-order valence-electron chi connectivity index (χ2n) is 4.99. The number of hydrogen-bond donors (Lipinski definition) is 1. The highest BCUT2D eigenvalue weighted by Gasteiger charge is 2.13. The summed E-state index contributed by atoms with van der Waals surface area (Å²) in [6, 6.07) is 12.9. The first-order valence-electron chi connectivity index (χ1n) is 7.35. The van der Waals surface area contributed by atoms with Crippen molar-refractivity contribution in [3.05, 3.63) is 58.9 Å². The number of amides is 1. The van der Waals surface area contributed by atoms with Crippen molar-refractivity contribution in [1.29, 1.82) is 5.26 Å². The van der Waals surface area contributed by atoms with E-state index in [1.807, 2.05) is 47.4 Å². The van der Waals surface area contributed by atoms with Crippen LogP contribution in [0.15, 0.2) is 53.3 Å². The number of carbonyl (C=O) groups excluding carboxylic acids is 1. The molecule has 0 fully saturated rings. The number of thioether (sulfide) groups is 1. The number of nitrogens with one attached hydrogen (secondary N) is 1. The summed E-state index contributed by atoms with van der Waals surface area (Å²) in [6.45, 7) is 0. The highest BCUT2D eigenvalue weighted by Crippen LogP contribution is 2.20. The van der Waals surface area contributed by atoms with Crippen LogP contribution in [0.1, 0.15) is 5.69 Å². The SMILES string of the molecule is CSc1nsc(NC(=O)/C(C#N)=C\c2cccn2-c2ccc(Cl)cc2)n1. The standard InChI is InChI=1S/C17H12ClN5OS2/c1-25-17-21-16(26-22-17)20-15(24)11(10-19)9-14-3-2-8-23(14)13-6-4-12(18)5-7-13/h2-9H,1H3,(H,20,21,22,24)/b11-9-. The van der Waals surface area contributed by atoms with Crippen LogP contribution < -0.4 is 5.32 Å². The first-order chi connectivity index (χ1) is 12.6. The Bertz CT molecular complexity index is 1000. The Hall–Kier alpha value is -2.60. The number of nitriles is 1. The van der Waals surface area contributed by atoms with Crippen LogP contribution >= 0.6 is 34.9 Å². The fraction of sp³-hybridized carbons (Fsp3) is 0.0588. The van der Waals surface area contributed by atoms with E-state index in [0.29, 0.717) is 21.0 Å². The summed E-state index contributed by atoms with van der Waals surface area (Å²) in [5, 5.41) is 13.5. The van der Waals surface area contributed by atoms with Gasteiger partial charge in [0.1, 0.15) is 11.6 Å². The molecule has 3 rings (SSSR count). The molecule has 0 saturated heterocycles. The first-order valence-corrected chi connectivity index (χ1v) is 9.72. The first kappa shape index (κ1) is 18.2. The van der Waals surface area contributed by atoms with Crippen LogP contribution in [0.3, 0.4) is 0 Å². The molecular formula is C17H12ClN5OS2. The molecule has 0 saturated carbocycles. The predicted molar refractivity (Wildman–Crippen MR) is 105 cm³/mol. The van der Waals surface area contributed by atoms with E-state index in [2.05, 4.69) is 14.7 Å². The third-order valence-electron chi connectivity index (χ3n) is 3.35. The normalized spacial score (nSPS) is 11.2. The summed E-state index contributed by atoms with van der Waals surface area (Å²) < 4.78 is 5.93. The van der Waals surface area contributed by atoms with Crippen molar-refractivity contribution in [1.82, 2.24) is 13.9 Å². The zero-order valence-electron chi connectivity index (χ0n) is 13.5. The Labute approximate surface area is 163 Å². The quantitative estimate of drug-likeness (QED) is 0.392. The maximum absolute atomic E-state index is 12.4. The van der Waals surface area contributed by atoms with E-state index in [4.69, 9.17) is 11.6 Å². The van der Waals surface area contributed by atoms with Crippen molar-refractivity contribution in [2.45, 2.75) is 5.16 Å². The van der Waals surface area contributed by atoms with Crippen LogP contribution in [-0.2, 0) is 4.79 Å². The molecule has 0 aliphatic heterocycles. The third kappa shape index (κ3) is 4.14. The predicted octanol–water partition coefficient (Wildman–Crippen LogP) is 4.25. The van der Waals surface area contributed by atoms with E-state index in [-0.39, 0.29) is 5.57 Å². The summed E-state index contributed by atoms with van der Waals surface area (Å²) in [7, 11) is 0. The molecule has 0 radical (unpaired) electrons. The molecule has 1 aromatic carbocycles. The number of halogens is 1. The highest BCUT2D eigenvalue weighted by molar-refractivity contribution is 7.98. The van der Waals surface area contributed by atoms with Gasteiger partial charge in [0.15, 0.2) is 0 Å². The van der Waals surface area contributed by atoms with Crippen molar-refractivity contribution < 1.29 is 4.79 Å².